The monoisotopic (exact) mass is 298 g/mol. The van der Waals surface area contributed by atoms with E-state index >= 15 is 0 Å². The van der Waals surface area contributed by atoms with Crippen LogP contribution >= 0.6 is 0 Å². The van der Waals surface area contributed by atoms with Crippen LogP contribution in [-0.4, -0.2) is 70.7 Å². The van der Waals surface area contributed by atoms with Gasteiger partial charge in [-0.25, -0.2) is 14.4 Å². The summed E-state index contributed by atoms with van der Waals surface area (Å²) in [5.74, 6) is -1.03. The number of amides is 4. The van der Waals surface area contributed by atoms with Crippen LogP contribution in [0.2, 0.25) is 0 Å². The van der Waals surface area contributed by atoms with E-state index in [1.165, 1.54) is 6.92 Å². The van der Waals surface area contributed by atoms with Crippen molar-refractivity contribution in [3.8, 4) is 0 Å². The number of aliphatic carboxylic acids is 1. The molecule has 2 heterocycles. The summed E-state index contributed by atoms with van der Waals surface area (Å²) < 4.78 is 0. The second-order valence-corrected chi connectivity index (χ2v) is 5.80. The Kier molecular flexibility index (Phi) is 4.24. The van der Waals surface area contributed by atoms with Gasteiger partial charge in [0.1, 0.15) is 5.54 Å². The van der Waals surface area contributed by atoms with Crippen LogP contribution < -0.4 is 10.6 Å². The molecule has 2 saturated heterocycles. The topological polar surface area (TPSA) is 102 Å². The number of hydrogen-bond donors (Lipinski definition) is 3. The third-order valence-corrected chi connectivity index (χ3v) is 4.12. The first-order valence-electron chi connectivity index (χ1n) is 7.22. The van der Waals surface area contributed by atoms with Crippen LogP contribution in [0.15, 0.2) is 0 Å². The Morgan fingerprint density at radius 3 is 2.81 bits per heavy atom. The van der Waals surface area contributed by atoms with Crippen molar-refractivity contribution in [2.24, 2.45) is 0 Å². The standard InChI is InChI=1S/C13H22N4O4/c1-3-4-13(2,10(18)19)15-12(21)16-5-6-17-9(8-16)7-14-11(17)20/h9H,3-8H2,1-2H3,(H,14,20)(H,15,21)(H,18,19). The first kappa shape index (κ1) is 15.4. The summed E-state index contributed by atoms with van der Waals surface area (Å²) >= 11 is 0. The van der Waals surface area contributed by atoms with Gasteiger partial charge in [0.2, 0.25) is 0 Å². The molecule has 0 spiro atoms. The molecule has 21 heavy (non-hydrogen) atoms. The van der Waals surface area contributed by atoms with E-state index in [1.807, 2.05) is 6.92 Å². The zero-order chi connectivity index (χ0) is 15.6. The lowest BCUT2D eigenvalue weighted by Gasteiger charge is -2.38. The Balaban J connectivity index is 1.97. The van der Waals surface area contributed by atoms with Gasteiger partial charge >= 0.3 is 18.0 Å². The number of urea groups is 2. The third kappa shape index (κ3) is 3.03. The lowest BCUT2D eigenvalue weighted by Crippen LogP contribution is -2.61. The zero-order valence-corrected chi connectivity index (χ0v) is 12.4. The van der Waals surface area contributed by atoms with Crippen LogP contribution in [0.25, 0.3) is 0 Å². The number of hydrogen-bond acceptors (Lipinski definition) is 3. The van der Waals surface area contributed by atoms with Gasteiger partial charge in [-0.05, 0) is 13.3 Å². The number of piperazine rings is 1. The van der Waals surface area contributed by atoms with E-state index in [-0.39, 0.29) is 18.1 Å². The first-order valence-corrected chi connectivity index (χ1v) is 7.22. The number of carboxylic acids is 1. The highest BCUT2D eigenvalue weighted by molar-refractivity contribution is 5.86. The molecule has 2 rings (SSSR count). The van der Waals surface area contributed by atoms with Gasteiger partial charge in [-0.15, -0.1) is 0 Å². The third-order valence-electron chi connectivity index (χ3n) is 4.12. The Hall–Kier alpha value is -1.99. The molecule has 0 saturated carbocycles. The van der Waals surface area contributed by atoms with Gasteiger partial charge in [-0.3, -0.25) is 0 Å². The van der Waals surface area contributed by atoms with Crippen molar-refractivity contribution in [3.63, 3.8) is 0 Å². The van der Waals surface area contributed by atoms with E-state index in [9.17, 15) is 19.5 Å². The van der Waals surface area contributed by atoms with Crippen LogP contribution in [0.5, 0.6) is 0 Å². The van der Waals surface area contributed by atoms with Crippen molar-refractivity contribution in [3.05, 3.63) is 0 Å². The molecule has 8 nitrogen and oxygen atoms in total. The van der Waals surface area contributed by atoms with Gasteiger partial charge in [0, 0.05) is 26.2 Å². The average Bonchev–Trinajstić information content (AvgIpc) is 2.80. The average molecular weight is 298 g/mol. The predicted molar refractivity (Wildman–Crippen MR) is 74.9 cm³/mol. The number of nitrogens with zero attached hydrogens (tertiary/aromatic N) is 2. The molecule has 0 aromatic heterocycles. The Morgan fingerprint density at radius 1 is 1.48 bits per heavy atom. The van der Waals surface area contributed by atoms with E-state index in [2.05, 4.69) is 10.6 Å². The van der Waals surface area contributed by atoms with E-state index < -0.39 is 11.5 Å². The second-order valence-electron chi connectivity index (χ2n) is 5.80. The number of carbonyl (C=O) groups excluding carboxylic acids is 2. The molecule has 0 radical (unpaired) electrons. The summed E-state index contributed by atoms with van der Waals surface area (Å²) in [7, 11) is 0. The molecular formula is C13H22N4O4. The summed E-state index contributed by atoms with van der Waals surface area (Å²) in [6.45, 7) is 5.23. The number of carboxylic acid groups (broad SMARTS) is 1. The van der Waals surface area contributed by atoms with Crippen LogP contribution in [0.3, 0.4) is 0 Å². The molecule has 2 aliphatic heterocycles. The number of rotatable bonds is 4. The first-order chi connectivity index (χ1) is 9.87. The molecule has 2 fully saturated rings. The maximum Gasteiger partial charge on any atom is 0.329 e. The normalized spacial score (nSPS) is 24.1. The fourth-order valence-corrected chi connectivity index (χ4v) is 2.83. The van der Waals surface area contributed by atoms with Crippen molar-refractivity contribution in [2.45, 2.75) is 38.3 Å². The summed E-state index contributed by atoms with van der Waals surface area (Å²) in [6.07, 6.45) is 1.04. The van der Waals surface area contributed by atoms with Crippen molar-refractivity contribution in [1.82, 2.24) is 20.4 Å². The Bertz CT molecular complexity index is 455. The molecule has 0 bridgehead atoms. The molecular weight excluding hydrogens is 276 g/mol. The molecule has 2 unspecified atom stereocenters. The van der Waals surface area contributed by atoms with Crippen molar-refractivity contribution in [1.29, 1.82) is 0 Å². The fraction of sp³-hybridized carbons (Fsp3) is 0.769. The summed E-state index contributed by atoms with van der Waals surface area (Å²) in [4.78, 5) is 38.5. The van der Waals surface area contributed by atoms with E-state index in [0.717, 1.165) is 0 Å². The molecule has 3 N–H and O–H groups in total. The zero-order valence-electron chi connectivity index (χ0n) is 12.4. The van der Waals surface area contributed by atoms with E-state index in [0.29, 0.717) is 39.0 Å². The minimum atomic E-state index is -1.26. The van der Waals surface area contributed by atoms with E-state index in [1.54, 1.807) is 9.80 Å². The van der Waals surface area contributed by atoms with Gasteiger partial charge in [-0.1, -0.05) is 13.3 Å². The highest BCUT2D eigenvalue weighted by atomic mass is 16.4. The molecule has 0 aromatic rings. The number of carbonyl (C=O) groups is 3. The lowest BCUT2D eigenvalue weighted by molar-refractivity contribution is -0.144. The van der Waals surface area contributed by atoms with Gasteiger partial charge in [0.25, 0.3) is 0 Å². The smallest absolute Gasteiger partial charge is 0.329 e. The van der Waals surface area contributed by atoms with Crippen molar-refractivity contribution < 1.29 is 19.5 Å². The maximum absolute atomic E-state index is 12.3. The SMILES string of the molecule is CCCC(C)(NC(=O)N1CCN2C(=O)NCC2C1)C(=O)O. The molecule has 2 atom stereocenters. The highest BCUT2D eigenvalue weighted by Crippen LogP contribution is 2.17. The van der Waals surface area contributed by atoms with E-state index in [4.69, 9.17) is 0 Å². The molecule has 0 aliphatic carbocycles. The summed E-state index contributed by atoms with van der Waals surface area (Å²) in [5, 5.41) is 14.7. The Morgan fingerprint density at radius 2 is 2.19 bits per heavy atom. The number of nitrogens with one attached hydrogen (secondary N) is 2. The summed E-state index contributed by atoms with van der Waals surface area (Å²) in [5.41, 5.74) is -1.26. The van der Waals surface area contributed by atoms with Gasteiger partial charge in [0.15, 0.2) is 0 Å². The lowest BCUT2D eigenvalue weighted by atomic mass is 9.96. The van der Waals surface area contributed by atoms with Crippen LogP contribution in [0.4, 0.5) is 9.59 Å². The highest BCUT2D eigenvalue weighted by Gasteiger charge is 2.40. The minimum Gasteiger partial charge on any atom is -0.480 e. The van der Waals surface area contributed by atoms with Crippen LogP contribution in [-0.2, 0) is 4.79 Å². The van der Waals surface area contributed by atoms with Crippen LogP contribution in [0, 0.1) is 0 Å². The summed E-state index contributed by atoms with van der Waals surface area (Å²) in [6, 6.07) is -0.506. The quantitative estimate of drug-likeness (QED) is 0.682. The van der Waals surface area contributed by atoms with Gasteiger partial charge < -0.3 is 25.5 Å². The molecule has 118 valence electrons. The minimum absolute atomic E-state index is 0.0285. The molecule has 0 aromatic carbocycles. The Labute approximate surface area is 123 Å². The largest absolute Gasteiger partial charge is 0.480 e. The van der Waals surface area contributed by atoms with Crippen molar-refractivity contribution in [2.75, 3.05) is 26.2 Å². The predicted octanol–water partition coefficient (Wildman–Crippen LogP) is 0.0488. The fourth-order valence-electron chi connectivity index (χ4n) is 2.83. The molecule has 8 heteroatoms. The number of fused-ring (bicyclic) bond motifs is 1. The maximum atomic E-state index is 12.3. The van der Waals surface area contributed by atoms with Crippen molar-refractivity contribution >= 4 is 18.0 Å². The molecule has 2 aliphatic rings. The van der Waals surface area contributed by atoms with Gasteiger partial charge in [-0.2, -0.15) is 0 Å². The second kappa shape index (κ2) is 5.79. The van der Waals surface area contributed by atoms with Crippen LogP contribution in [0.1, 0.15) is 26.7 Å². The molecule has 4 amide bonds. The van der Waals surface area contributed by atoms with Gasteiger partial charge in [0.05, 0.1) is 6.04 Å².